The maximum atomic E-state index is 12.5. The number of thioether (sulfide) groups is 1. The Morgan fingerprint density at radius 2 is 1.76 bits per heavy atom. The molecule has 0 radical (unpaired) electrons. The van der Waals surface area contributed by atoms with Crippen LogP contribution in [0.1, 0.15) is 36.2 Å². The van der Waals surface area contributed by atoms with E-state index in [9.17, 15) is 4.79 Å². The highest BCUT2D eigenvalue weighted by Gasteiger charge is 2.18. The van der Waals surface area contributed by atoms with Crippen LogP contribution in [0.25, 0.3) is 0 Å². The summed E-state index contributed by atoms with van der Waals surface area (Å²) in [5.74, 6) is 1.97. The van der Waals surface area contributed by atoms with E-state index < -0.39 is 0 Å². The molecule has 1 aromatic heterocycles. The van der Waals surface area contributed by atoms with E-state index in [0.29, 0.717) is 13.1 Å². The summed E-state index contributed by atoms with van der Waals surface area (Å²) in [5, 5.41) is 12.7. The van der Waals surface area contributed by atoms with Crippen molar-refractivity contribution >= 4 is 17.7 Å². The molecule has 174 valence electrons. The van der Waals surface area contributed by atoms with Gasteiger partial charge in [0.15, 0.2) is 5.16 Å². The fourth-order valence-corrected chi connectivity index (χ4v) is 4.80. The van der Waals surface area contributed by atoms with Crippen molar-refractivity contribution in [1.82, 2.24) is 25.0 Å². The first-order valence-electron chi connectivity index (χ1n) is 11.4. The van der Waals surface area contributed by atoms with Gasteiger partial charge in [-0.1, -0.05) is 66.7 Å². The van der Waals surface area contributed by atoms with Gasteiger partial charge in [0, 0.05) is 12.1 Å². The monoisotopic (exact) mass is 465 g/mol. The van der Waals surface area contributed by atoms with Crippen molar-refractivity contribution < 1.29 is 9.53 Å². The zero-order chi connectivity index (χ0) is 22.9. The van der Waals surface area contributed by atoms with Gasteiger partial charge in [-0.2, -0.15) is 0 Å². The van der Waals surface area contributed by atoms with Gasteiger partial charge >= 0.3 is 0 Å². The normalized spacial score (nSPS) is 14.2. The van der Waals surface area contributed by atoms with E-state index in [1.54, 1.807) is 7.11 Å². The number of rotatable bonds is 10. The third-order valence-electron chi connectivity index (χ3n) is 5.79. The lowest BCUT2D eigenvalue weighted by Gasteiger charge is -2.26. The average molecular weight is 466 g/mol. The number of nitrogens with zero attached hydrogens (tertiary/aromatic N) is 4. The number of aromatic nitrogens is 3. The summed E-state index contributed by atoms with van der Waals surface area (Å²) < 4.78 is 7.52. The Morgan fingerprint density at radius 3 is 2.55 bits per heavy atom. The third kappa shape index (κ3) is 6.58. The smallest absolute Gasteiger partial charge is 0.230 e. The van der Waals surface area contributed by atoms with Gasteiger partial charge in [0.2, 0.25) is 5.91 Å². The quantitative estimate of drug-likeness (QED) is 0.460. The zero-order valence-electron chi connectivity index (χ0n) is 19.1. The first kappa shape index (κ1) is 23.3. The molecule has 0 atom stereocenters. The van der Waals surface area contributed by atoms with Crippen molar-refractivity contribution in [2.45, 2.75) is 44.1 Å². The minimum Gasteiger partial charge on any atom is -0.496 e. The molecule has 2 aromatic carbocycles. The summed E-state index contributed by atoms with van der Waals surface area (Å²) in [6.07, 6.45) is 3.78. The predicted molar refractivity (Wildman–Crippen MR) is 130 cm³/mol. The Bertz CT molecular complexity index is 1030. The number of nitrogens with one attached hydrogen (secondary N) is 1. The summed E-state index contributed by atoms with van der Waals surface area (Å²) >= 11 is 1.43. The largest absolute Gasteiger partial charge is 0.496 e. The first-order chi connectivity index (χ1) is 16.2. The number of amides is 1. The lowest BCUT2D eigenvalue weighted by Crippen LogP contribution is -2.30. The molecule has 0 bridgehead atoms. The summed E-state index contributed by atoms with van der Waals surface area (Å²) in [6.45, 7) is 4.13. The van der Waals surface area contributed by atoms with Crippen LogP contribution in [0, 0.1) is 0 Å². The SMILES string of the molecule is COc1ccccc1CNC(=O)CSc1nnc(CN2CCCCC2)n1Cc1ccccc1. The molecule has 8 heteroatoms. The third-order valence-corrected chi connectivity index (χ3v) is 6.76. The molecule has 3 aromatic rings. The number of piperidine rings is 1. The molecule has 0 saturated carbocycles. The van der Waals surface area contributed by atoms with Gasteiger partial charge in [-0.15, -0.1) is 10.2 Å². The Morgan fingerprint density at radius 1 is 1.00 bits per heavy atom. The van der Waals surface area contributed by atoms with Gasteiger partial charge in [-0.3, -0.25) is 9.69 Å². The molecule has 1 aliphatic rings. The van der Waals surface area contributed by atoms with E-state index in [1.807, 2.05) is 42.5 Å². The number of likely N-dealkylation sites (tertiary alicyclic amines) is 1. The second kappa shape index (κ2) is 11.9. The molecule has 1 fully saturated rings. The number of ether oxygens (including phenoxy) is 1. The number of hydrogen-bond donors (Lipinski definition) is 1. The van der Waals surface area contributed by atoms with E-state index in [4.69, 9.17) is 4.74 Å². The Labute approximate surface area is 199 Å². The van der Waals surface area contributed by atoms with Crippen LogP contribution in [0.3, 0.4) is 0 Å². The van der Waals surface area contributed by atoms with E-state index in [1.165, 1.54) is 36.6 Å². The van der Waals surface area contributed by atoms with Crippen LogP contribution in [-0.4, -0.2) is 51.5 Å². The Hall–Kier alpha value is -2.84. The summed E-state index contributed by atoms with van der Waals surface area (Å²) in [6, 6.07) is 18.0. The molecule has 1 amide bonds. The zero-order valence-corrected chi connectivity index (χ0v) is 19.9. The minimum atomic E-state index is -0.0438. The van der Waals surface area contributed by atoms with E-state index >= 15 is 0 Å². The molecule has 4 rings (SSSR count). The molecule has 1 aliphatic heterocycles. The van der Waals surface area contributed by atoms with Crippen molar-refractivity contribution in [3.8, 4) is 5.75 Å². The van der Waals surface area contributed by atoms with E-state index in [-0.39, 0.29) is 11.7 Å². The van der Waals surface area contributed by atoms with Crippen LogP contribution in [-0.2, 0) is 24.4 Å². The lowest BCUT2D eigenvalue weighted by atomic mass is 10.1. The number of carbonyl (C=O) groups is 1. The highest BCUT2D eigenvalue weighted by Crippen LogP contribution is 2.21. The highest BCUT2D eigenvalue weighted by molar-refractivity contribution is 7.99. The first-order valence-corrected chi connectivity index (χ1v) is 12.4. The van der Waals surface area contributed by atoms with Crippen LogP contribution < -0.4 is 10.1 Å². The molecule has 0 unspecified atom stereocenters. The van der Waals surface area contributed by atoms with Gasteiger partial charge < -0.3 is 14.6 Å². The molecular weight excluding hydrogens is 434 g/mol. The number of para-hydroxylation sites is 1. The van der Waals surface area contributed by atoms with Crippen LogP contribution in [0.2, 0.25) is 0 Å². The van der Waals surface area contributed by atoms with Gasteiger partial charge in [-0.05, 0) is 37.6 Å². The van der Waals surface area contributed by atoms with Crippen molar-refractivity contribution in [2.75, 3.05) is 26.0 Å². The van der Waals surface area contributed by atoms with Crippen LogP contribution >= 0.6 is 11.8 Å². The van der Waals surface area contributed by atoms with Crippen molar-refractivity contribution in [1.29, 1.82) is 0 Å². The minimum absolute atomic E-state index is 0.0438. The number of hydrogen-bond acceptors (Lipinski definition) is 6. The van der Waals surface area contributed by atoms with Crippen molar-refractivity contribution in [2.24, 2.45) is 0 Å². The molecule has 2 heterocycles. The van der Waals surface area contributed by atoms with Gasteiger partial charge in [0.05, 0.1) is 26.0 Å². The predicted octanol–water partition coefficient (Wildman–Crippen LogP) is 3.73. The van der Waals surface area contributed by atoms with E-state index in [0.717, 1.165) is 41.9 Å². The molecule has 1 N–H and O–H groups in total. The molecule has 0 spiro atoms. The van der Waals surface area contributed by atoms with Gasteiger partial charge in [-0.25, -0.2) is 0 Å². The fraction of sp³-hybridized carbons (Fsp3) is 0.400. The molecule has 0 aliphatic carbocycles. The molecular formula is C25H31N5O2S. The second-order valence-electron chi connectivity index (χ2n) is 8.18. The summed E-state index contributed by atoms with van der Waals surface area (Å²) in [7, 11) is 1.64. The van der Waals surface area contributed by atoms with Gasteiger partial charge in [0.1, 0.15) is 11.6 Å². The van der Waals surface area contributed by atoms with Gasteiger partial charge in [0.25, 0.3) is 0 Å². The van der Waals surface area contributed by atoms with Crippen molar-refractivity contribution in [3.63, 3.8) is 0 Å². The standard InChI is InChI=1S/C25H31N5O2S/c1-32-22-13-7-6-12-21(22)16-26-24(31)19-33-25-28-27-23(18-29-14-8-3-9-15-29)30(25)17-20-10-4-2-5-11-20/h2,4-7,10-13H,3,8-9,14-19H2,1H3,(H,26,31). The molecule has 1 saturated heterocycles. The lowest BCUT2D eigenvalue weighted by molar-refractivity contribution is -0.118. The highest BCUT2D eigenvalue weighted by atomic mass is 32.2. The Kier molecular flexibility index (Phi) is 8.38. The summed E-state index contributed by atoms with van der Waals surface area (Å²) in [4.78, 5) is 15.0. The maximum Gasteiger partial charge on any atom is 0.230 e. The van der Waals surface area contributed by atoms with E-state index in [2.05, 4.69) is 37.1 Å². The van der Waals surface area contributed by atoms with Crippen LogP contribution in [0.15, 0.2) is 59.8 Å². The van der Waals surface area contributed by atoms with Crippen LogP contribution in [0.4, 0.5) is 0 Å². The average Bonchev–Trinajstić information content (AvgIpc) is 3.23. The number of benzene rings is 2. The topological polar surface area (TPSA) is 72.3 Å². The second-order valence-corrected chi connectivity index (χ2v) is 9.13. The maximum absolute atomic E-state index is 12.5. The Balaban J connectivity index is 1.40. The number of carbonyl (C=O) groups excluding carboxylic acids is 1. The fourth-order valence-electron chi connectivity index (χ4n) is 4.01. The van der Waals surface area contributed by atoms with Crippen molar-refractivity contribution in [3.05, 3.63) is 71.5 Å². The summed E-state index contributed by atoms with van der Waals surface area (Å²) in [5.41, 5.74) is 2.15. The number of methoxy groups -OCH3 is 1. The van der Waals surface area contributed by atoms with Crippen LogP contribution in [0.5, 0.6) is 5.75 Å². The molecule has 33 heavy (non-hydrogen) atoms. The molecule has 7 nitrogen and oxygen atoms in total.